The first-order chi connectivity index (χ1) is 15.3. The van der Waals surface area contributed by atoms with Crippen LogP contribution in [0.5, 0.6) is 0 Å². The number of carbonyl (C=O) groups is 4. The largest absolute Gasteiger partial charge is 0.444 e. The molecule has 2 unspecified atom stereocenters. The lowest BCUT2D eigenvalue weighted by molar-refractivity contribution is -0.149. The number of benzene rings is 1. The standard InChI is InChI=1S/C25H40N4O5/c1-23(2,3)28-20(31)19(16-13-11-10-12-14-16)29(24(4,5)6)21(32)17(15-18(26)30)27-22(33)34-25(7,8)9/h10-14,17,19H,15H2,1-9H3,(H2,26,30)(H,27,33)(H,28,31). The van der Waals surface area contributed by atoms with Crippen molar-refractivity contribution in [2.45, 2.75) is 97.5 Å². The van der Waals surface area contributed by atoms with Crippen molar-refractivity contribution in [3.63, 3.8) is 0 Å². The van der Waals surface area contributed by atoms with Crippen molar-refractivity contribution >= 4 is 23.8 Å². The zero-order chi connectivity index (χ0) is 26.5. The smallest absolute Gasteiger partial charge is 0.408 e. The van der Waals surface area contributed by atoms with Gasteiger partial charge in [-0.3, -0.25) is 14.4 Å². The van der Waals surface area contributed by atoms with E-state index in [1.54, 1.807) is 65.8 Å². The normalized spacial score (nSPS) is 13.9. The molecule has 4 N–H and O–H groups in total. The SMILES string of the molecule is CC(C)(C)NC(=O)C(c1ccccc1)N(C(=O)C(CC(N)=O)NC(=O)OC(C)(C)C)C(C)(C)C. The first-order valence-corrected chi connectivity index (χ1v) is 11.3. The molecular formula is C25H40N4O5. The third kappa shape index (κ3) is 9.41. The average molecular weight is 477 g/mol. The summed E-state index contributed by atoms with van der Waals surface area (Å²) in [6, 6.07) is 6.53. The van der Waals surface area contributed by atoms with Crippen LogP contribution < -0.4 is 16.4 Å². The molecule has 0 saturated heterocycles. The molecule has 2 atom stereocenters. The summed E-state index contributed by atoms with van der Waals surface area (Å²) in [4.78, 5) is 53.0. The van der Waals surface area contributed by atoms with Crippen molar-refractivity contribution in [1.29, 1.82) is 0 Å². The maximum atomic E-state index is 13.9. The third-order valence-electron chi connectivity index (χ3n) is 4.47. The van der Waals surface area contributed by atoms with Gasteiger partial charge in [-0.15, -0.1) is 0 Å². The van der Waals surface area contributed by atoms with Crippen LogP contribution in [0.2, 0.25) is 0 Å². The Kier molecular flexibility index (Phi) is 9.26. The molecule has 0 aromatic heterocycles. The number of rotatable bonds is 7. The van der Waals surface area contributed by atoms with E-state index in [9.17, 15) is 19.2 Å². The Morgan fingerprint density at radius 2 is 1.47 bits per heavy atom. The van der Waals surface area contributed by atoms with Crippen molar-refractivity contribution in [2.24, 2.45) is 5.73 Å². The van der Waals surface area contributed by atoms with Crippen LogP contribution in [0.3, 0.4) is 0 Å². The molecule has 9 nitrogen and oxygen atoms in total. The average Bonchev–Trinajstić information content (AvgIpc) is 2.61. The number of primary amides is 1. The first-order valence-electron chi connectivity index (χ1n) is 11.3. The number of hydrogen-bond donors (Lipinski definition) is 3. The van der Waals surface area contributed by atoms with E-state index in [0.717, 1.165) is 0 Å². The number of ether oxygens (including phenoxy) is 1. The quantitative estimate of drug-likeness (QED) is 0.557. The van der Waals surface area contributed by atoms with E-state index in [4.69, 9.17) is 10.5 Å². The molecule has 0 aliphatic heterocycles. The van der Waals surface area contributed by atoms with E-state index in [2.05, 4.69) is 10.6 Å². The number of hydrogen-bond acceptors (Lipinski definition) is 5. The fourth-order valence-electron chi connectivity index (χ4n) is 3.36. The lowest BCUT2D eigenvalue weighted by atomic mass is 9.94. The minimum Gasteiger partial charge on any atom is -0.444 e. The van der Waals surface area contributed by atoms with Crippen molar-refractivity contribution in [1.82, 2.24) is 15.5 Å². The molecule has 0 aliphatic rings. The summed E-state index contributed by atoms with van der Waals surface area (Å²) < 4.78 is 5.27. The summed E-state index contributed by atoms with van der Waals surface area (Å²) in [5, 5.41) is 5.41. The monoisotopic (exact) mass is 476 g/mol. The predicted molar refractivity (Wildman–Crippen MR) is 131 cm³/mol. The molecule has 0 saturated carbocycles. The van der Waals surface area contributed by atoms with Crippen molar-refractivity contribution in [2.75, 3.05) is 0 Å². The Labute approximate surface area is 202 Å². The molecule has 0 radical (unpaired) electrons. The molecule has 1 aromatic rings. The van der Waals surface area contributed by atoms with Gasteiger partial charge in [0, 0.05) is 11.1 Å². The van der Waals surface area contributed by atoms with Gasteiger partial charge in [0.25, 0.3) is 0 Å². The highest BCUT2D eigenvalue weighted by Crippen LogP contribution is 2.30. The first kappa shape index (κ1) is 28.9. The summed E-state index contributed by atoms with van der Waals surface area (Å²) in [6.07, 6.45) is -1.32. The zero-order valence-electron chi connectivity index (χ0n) is 21.8. The van der Waals surface area contributed by atoms with Gasteiger partial charge in [0.05, 0.1) is 6.42 Å². The Balaban J connectivity index is 3.54. The minimum absolute atomic E-state index is 0.392. The molecule has 0 aliphatic carbocycles. The highest BCUT2D eigenvalue weighted by Gasteiger charge is 2.42. The fourth-order valence-corrected chi connectivity index (χ4v) is 3.36. The van der Waals surface area contributed by atoms with Gasteiger partial charge < -0.3 is 26.0 Å². The van der Waals surface area contributed by atoms with E-state index in [0.29, 0.717) is 5.56 Å². The van der Waals surface area contributed by atoms with Crippen LogP contribution in [0.25, 0.3) is 0 Å². The summed E-state index contributed by atoms with van der Waals surface area (Å²) in [5.74, 6) is -1.80. The third-order valence-corrected chi connectivity index (χ3v) is 4.47. The van der Waals surface area contributed by atoms with Crippen LogP contribution in [0.1, 0.15) is 80.3 Å². The molecule has 4 amide bonds. The molecule has 1 aromatic carbocycles. The molecule has 34 heavy (non-hydrogen) atoms. The van der Waals surface area contributed by atoms with Gasteiger partial charge in [0.15, 0.2) is 0 Å². The molecule has 0 heterocycles. The fraction of sp³-hybridized carbons (Fsp3) is 0.600. The lowest BCUT2D eigenvalue weighted by Gasteiger charge is -2.43. The van der Waals surface area contributed by atoms with Gasteiger partial charge >= 0.3 is 6.09 Å². The number of nitrogens with zero attached hydrogens (tertiary/aromatic N) is 1. The number of nitrogens with one attached hydrogen (secondary N) is 2. The van der Waals surface area contributed by atoms with Crippen molar-refractivity contribution < 1.29 is 23.9 Å². The minimum atomic E-state index is -1.32. The second-order valence-electron chi connectivity index (χ2n) is 11.3. The number of carbonyl (C=O) groups excluding carboxylic acids is 4. The van der Waals surface area contributed by atoms with Crippen LogP contribution in [-0.4, -0.2) is 51.4 Å². The highest BCUT2D eigenvalue weighted by molar-refractivity contribution is 5.95. The Hall–Kier alpha value is -3.10. The summed E-state index contributed by atoms with van der Waals surface area (Å²) >= 11 is 0. The Morgan fingerprint density at radius 1 is 0.941 bits per heavy atom. The second kappa shape index (κ2) is 10.9. The summed E-state index contributed by atoms with van der Waals surface area (Å²) in [7, 11) is 0. The molecule has 9 heteroatoms. The van der Waals surface area contributed by atoms with E-state index in [-0.39, 0.29) is 0 Å². The summed E-state index contributed by atoms with van der Waals surface area (Å²) in [6.45, 7) is 15.9. The Morgan fingerprint density at radius 3 is 1.88 bits per heavy atom. The maximum absolute atomic E-state index is 13.9. The number of amides is 4. The van der Waals surface area contributed by atoms with Gasteiger partial charge in [-0.2, -0.15) is 0 Å². The van der Waals surface area contributed by atoms with Gasteiger partial charge in [0.2, 0.25) is 17.7 Å². The van der Waals surface area contributed by atoms with Crippen molar-refractivity contribution in [3.05, 3.63) is 35.9 Å². The van der Waals surface area contributed by atoms with Crippen LogP contribution in [0, 0.1) is 0 Å². The van der Waals surface area contributed by atoms with E-state index in [1.165, 1.54) is 4.90 Å². The van der Waals surface area contributed by atoms with Crippen molar-refractivity contribution in [3.8, 4) is 0 Å². The van der Waals surface area contributed by atoms with E-state index < -0.39 is 59.0 Å². The maximum Gasteiger partial charge on any atom is 0.408 e. The lowest BCUT2D eigenvalue weighted by Crippen LogP contribution is -2.60. The van der Waals surface area contributed by atoms with Crippen LogP contribution >= 0.6 is 0 Å². The molecular weight excluding hydrogens is 436 g/mol. The molecule has 0 spiro atoms. The van der Waals surface area contributed by atoms with E-state index >= 15 is 0 Å². The summed E-state index contributed by atoms with van der Waals surface area (Å²) in [5.41, 5.74) is 3.75. The van der Waals surface area contributed by atoms with Crippen LogP contribution in [0.4, 0.5) is 4.79 Å². The van der Waals surface area contributed by atoms with Crippen LogP contribution in [-0.2, 0) is 19.1 Å². The second-order valence-corrected chi connectivity index (χ2v) is 11.3. The molecule has 1 rings (SSSR count). The number of alkyl carbamates (subject to hydrolysis) is 1. The topological polar surface area (TPSA) is 131 Å². The van der Waals surface area contributed by atoms with Crippen LogP contribution in [0.15, 0.2) is 30.3 Å². The molecule has 0 bridgehead atoms. The van der Waals surface area contributed by atoms with E-state index in [1.807, 2.05) is 26.8 Å². The number of nitrogens with two attached hydrogens (primary N) is 1. The zero-order valence-corrected chi connectivity index (χ0v) is 21.8. The highest BCUT2D eigenvalue weighted by atomic mass is 16.6. The van der Waals surface area contributed by atoms with Gasteiger partial charge in [0.1, 0.15) is 17.7 Å². The van der Waals surface area contributed by atoms with Gasteiger partial charge in [-0.25, -0.2) is 4.79 Å². The predicted octanol–water partition coefficient (Wildman–Crippen LogP) is 3.04. The van der Waals surface area contributed by atoms with Gasteiger partial charge in [-0.05, 0) is 67.9 Å². The van der Waals surface area contributed by atoms with Gasteiger partial charge in [-0.1, -0.05) is 30.3 Å². The Bertz CT molecular complexity index is 879. The molecule has 0 fully saturated rings. The molecule has 190 valence electrons.